The summed E-state index contributed by atoms with van der Waals surface area (Å²) in [4.78, 5) is 2.25. The summed E-state index contributed by atoms with van der Waals surface area (Å²) in [7, 11) is -3.47. The van der Waals surface area contributed by atoms with Gasteiger partial charge in [-0.25, -0.2) is 0 Å². The largest absolute Gasteiger partial charge is 0.454 e. The van der Waals surface area contributed by atoms with Gasteiger partial charge < -0.3 is 9.47 Å². The molecule has 2 aromatic rings. The Bertz CT molecular complexity index is 881. The van der Waals surface area contributed by atoms with Crippen LogP contribution in [0, 0.1) is 0 Å². The Kier molecular flexibility index (Phi) is 5.31. The van der Waals surface area contributed by atoms with Crippen molar-refractivity contribution < 1.29 is 17.9 Å². The first kappa shape index (κ1) is 18.2. The molecule has 1 N–H and O–H groups in total. The minimum atomic E-state index is -3.47. The minimum absolute atomic E-state index is 0.269. The third kappa shape index (κ3) is 4.41. The van der Waals surface area contributed by atoms with Gasteiger partial charge in [-0.3, -0.25) is 4.90 Å². The SMILES string of the molecule is O=S(=O)(NCc1ccccc1)N1CCN(Cc2ccc3c(c2)OCO3)CC1. The molecule has 4 rings (SSSR count). The average molecular weight is 389 g/mol. The molecule has 144 valence electrons. The van der Waals surface area contributed by atoms with Crippen LogP contribution in [0.3, 0.4) is 0 Å². The topological polar surface area (TPSA) is 71.1 Å². The van der Waals surface area contributed by atoms with Crippen molar-refractivity contribution in [1.29, 1.82) is 0 Å². The number of benzene rings is 2. The van der Waals surface area contributed by atoms with E-state index in [1.165, 1.54) is 4.31 Å². The molecule has 1 saturated heterocycles. The lowest BCUT2D eigenvalue weighted by molar-refractivity contribution is 0.173. The van der Waals surface area contributed by atoms with Gasteiger partial charge in [0.25, 0.3) is 10.2 Å². The fraction of sp³-hybridized carbons (Fsp3) is 0.368. The van der Waals surface area contributed by atoms with Crippen molar-refractivity contribution >= 4 is 10.2 Å². The van der Waals surface area contributed by atoms with E-state index in [-0.39, 0.29) is 6.79 Å². The Morgan fingerprint density at radius 3 is 2.41 bits per heavy atom. The zero-order chi connectivity index (χ0) is 18.7. The lowest BCUT2D eigenvalue weighted by atomic mass is 10.2. The minimum Gasteiger partial charge on any atom is -0.454 e. The molecule has 2 aliphatic rings. The molecule has 0 unspecified atom stereocenters. The van der Waals surface area contributed by atoms with E-state index in [0.717, 1.165) is 29.2 Å². The Morgan fingerprint density at radius 1 is 0.889 bits per heavy atom. The van der Waals surface area contributed by atoms with E-state index in [0.29, 0.717) is 32.7 Å². The summed E-state index contributed by atoms with van der Waals surface area (Å²) in [6.07, 6.45) is 0. The summed E-state index contributed by atoms with van der Waals surface area (Å²) >= 11 is 0. The molecule has 0 atom stereocenters. The summed E-state index contributed by atoms with van der Waals surface area (Å²) in [5, 5.41) is 0. The second-order valence-electron chi connectivity index (χ2n) is 6.67. The molecule has 0 radical (unpaired) electrons. The van der Waals surface area contributed by atoms with Crippen molar-refractivity contribution in [3.8, 4) is 11.5 Å². The number of nitrogens with zero attached hydrogens (tertiary/aromatic N) is 2. The van der Waals surface area contributed by atoms with Crippen LogP contribution in [0.25, 0.3) is 0 Å². The van der Waals surface area contributed by atoms with Gasteiger partial charge in [-0.2, -0.15) is 17.4 Å². The van der Waals surface area contributed by atoms with Crippen LogP contribution in [-0.2, 0) is 23.3 Å². The van der Waals surface area contributed by atoms with E-state index in [2.05, 4.69) is 9.62 Å². The molecule has 27 heavy (non-hydrogen) atoms. The Morgan fingerprint density at radius 2 is 1.63 bits per heavy atom. The first-order chi connectivity index (χ1) is 13.1. The summed E-state index contributed by atoms with van der Waals surface area (Å²) in [5.74, 6) is 1.55. The second-order valence-corrected chi connectivity index (χ2v) is 8.43. The van der Waals surface area contributed by atoms with Crippen molar-refractivity contribution in [3.05, 3.63) is 59.7 Å². The Balaban J connectivity index is 1.29. The van der Waals surface area contributed by atoms with Crippen molar-refractivity contribution in [2.45, 2.75) is 13.1 Å². The highest BCUT2D eigenvalue weighted by Crippen LogP contribution is 2.32. The van der Waals surface area contributed by atoms with Crippen molar-refractivity contribution in [1.82, 2.24) is 13.9 Å². The molecule has 0 bridgehead atoms. The quantitative estimate of drug-likeness (QED) is 0.812. The highest BCUT2D eigenvalue weighted by atomic mass is 32.2. The lowest BCUT2D eigenvalue weighted by Gasteiger charge is -2.34. The first-order valence-electron chi connectivity index (χ1n) is 9.00. The normalized spacial score (nSPS) is 17.9. The van der Waals surface area contributed by atoms with Gasteiger partial charge in [-0.15, -0.1) is 0 Å². The highest BCUT2D eigenvalue weighted by molar-refractivity contribution is 7.87. The van der Waals surface area contributed by atoms with Gasteiger partial charge in [0.2, 0.25) is 6.79 Å². The number of piperazine rings is 1. The van der Waals surface area contributed by atoms with E-state index in [1.807, 2.05) is 48.5 Å². The fourth-order valence-corrected chi connectivity index (χ4v) is 4.46. The molecule has 0 amide bonds. The molecular weight excluding hydrogens is 366 g/mol. The van der Waals surface area contributed by atoms with Crippen LogP contribution in [0.15, 0.2) is 48.5 Å². The molecule has 2 aromatic carbocycles. The van der Waals surface area contributed by atoms with E-state index in [9.17, 15) is 8.42 Å². The molecule has 0 saturated carbocycles. The lowest BCUT2D eigenvalue weighted by Crippen LogP contribution is -2.51. The number of nitrogens with one attached hydrogen (secondary N) is 1. The van der Waals surface area contributed by atoms with Crippen LogP contribution >= 0.6 is 0 Å². The highest BCUT2D eigenvalue weighted by Gasteiger charge is 2.26. The maximum Gasteiger partial charge on any atom is 0.279 e. The summed E-state index contributed by atoms with van der Waals surface area (Å²) < 4.78 is 40.0. The fourth-order valence-electron chi connectivity index (χ4n) is 3.29. The smallest absolute Gasteiger partial charge is 0.279 e. The average Bonchev–Trinajstić information content (AvgIpc) is 3.16. The third-order valence-corrected chi connectivity index (χ3v) is 6.37. The molecule has 0 aliphatic carbocycles. The number of hydrogen-bond acceptors (Lipinski definition) is 5. The maximum absolute atomic E-state index is 12.5. The van der Waals surface area contributed by atoms with E-state index in [4.69, 9.17) is 9.47 Å². The van der Waals surface area contributed by atoms with Crippen molar-refractivity contribution in [2.24, 2.45) is 0 Å². The Hall–Kier alpha value is -2.13. The molecule has 2 heterocycles. The number of rotatable bonds is 6. The second kappa shape index (κ2) is 7.85. The standard InChI is InChI=1S/C19H23N3O4S/c23-27(24,20-13-16-4-2-1-3-5-16)22-10-8-21(9-11-22)14-17-6-7-18-19(12-17)26-15-25-18/h1-7,12,20H,8-11,13-15H2. The van der Waals surface area contributed by atoms with Crippen molar-refractivity contribution in [2.75, 3.05) is 33.0 Å². The summed E-state index contributed by atoms with van der Waals surface area (Å²) in [6, 6.07) is 15.5. The van der Waals surface area contributed by atoms with Crippen LogP contribution in [0.2, 0.25) is 0 Å². The zero-order valence-electron chi connectivity index (χ0n) is 15.0. The van der Waals surface area contributed by atoms with Gasteiger partial charge in [-0.1, -0.05) is 36.4 Å². The molecule has 0 aromatic heterocycles. The zero-order valence-corrected chi connectivity index (χ0v) is 15.8. The predicted molar refractivity (Wildman–Crippen MR) is 102 cm³/mol. The van der Waals surface area contributed by atoms with E-state index >= 15 is 0 Å². The summed E-state index contributed by atoms with van der Waals surface area (Å²) in [6.45, 7) is 3.69. The van der Waals surface area contributed by atoms with Gasteiger partial charge in [-0.05, 0) is 23.3 Å². The molecule has 1 fully saturated rings. The van der Waals surface area contributed by atoms with Crippen molar-refractivity contribution in [3.63, 3.8) is 0 Å². The first-order valence-corrected chi connectivity index (χ1v) is 10.4. The maximum atomic E-state index is 12.5. The summed E-state index contributed by atoms with van der Waals surface area (Å²) in [5.41, 5.74) is 2.08. The molecular formula is C19H23N3O4S. The molecule has 0 spiro atoms. The third-order valence-electron chi connectivity index (χ3n) is 4.82. The van der Waals surface area contributed by atoms with Gasteiger partial charge in [0, 0.05) is 39.3 Å². The van der Waals surface area contributed by atoms with Gasteiger partial charge in [0.1, 0.15) is 0 Å². The monoisotopic (exact) mass is 389 g/mol. The number of fused-ring (bicyclic) bond motifs is 1. The molecule has 2 aliphatic heterocycles. The van der Waals surface area contributed by atoms with Crippen LogP contribution in [0.5, 0.6) is 11.5 Å². The molecule has 8 heteroatoms. The van der Waals surface area contributed by atoms with Crippen LogP contribution in [0.4, 0.5) is 0 Å². The van der Waals surface area contributed by atoms with Gasteiger partial charge >= 0.3 is 0 Å². The van der Waals surface area contributed by atoms with E-state index < -0.39 is 10.2 Å². The van der Waals surface area contributed by atoms with Crippen LogP contribution in [0.1, 0.15) is 11.1 Å². The number of ether oxygens (including phenoxy) is 2. The van der Waals surface area contributed by atoms with Crippen LogP contribution < -0.4 is 14.2 Å². The van der Waals surface area contributed by atoms with Gasteiger partial charge in [0.15, 0.2) is 11.5 Å². The van der Waals surface area contributed by atoms with E-state index in [1.54, 1.807) is 0 Å². The molecule has 7 nitrogen and oxygen atoms in total. The number of hydrogen-bond donors (Lipinski definition) is 1. The van der Waals surface area contributed by atoms with Gasteiger partial charge in [0.05, 0.1) is 0 Å². The van der Waals surface area contributed by atoms with Crippen LogP contribution in [-0.4, -0.2) is 50.6 Å². The Labute approximate surface area is 159 Å². The predicted octanol–water partition coefficient (Wildman–Crippen LogP) is 1.57.